The molecule has 2 rings (SSSR count). The van der Waals surface area contributed by atoms with E-state index in [1.807, 2.05) is 20.8 Å². The van der Waals surface area contributed by atoms with Crippen LogP contribution < -0.4 is 0 Å². The molecule has 0 radical (unpaired) electrons. The van der Waals surface area contributed by atoms with Crippen LogP contribution in [0.2, 0.25) is 0 Å². The van der Waals surface area contributed by atoms with E-state index in [1.165, 1.54) is 12.1 Å². The molecule has 0 unspecified atom stereocenters. The van der Waals surface area contributed by atoms with E-state index in [2.05, 4.69) is 0 Å². The quantitative estimate of drug-likeness (QED) is 0.668. The molecule has 1 aromatic carbocycles. The molecule has 0 saturated heterocycles. The number of ether oxygens (including phenoxy) is 1. The maximum atomic E-state index is 12.3. The van der Waals surface area contributed by atoms with E-state index in [0.717, 1.165) is 16.7 Å². The van der Waals surface area contributed by atoms with Crippen molar-refractivity contribution in [3.63, 3.8) is 0 Å². The fourth-order valence-corrected chi connectivity index (χ4v) is 2.77. The lowest BCUT2D eigenvalue weighted by molar-refractivity contribution is -0.384. The molecule has 7 nitrogen and oxygen atoms in total. The Hall–Kier alpha value is -2.41. The molecule has 1 amide bonds. The monoisotopic (exact) mass is 348 g/mol. The van der Waals surface area contributed by atoms with E-state index in [4.69, 9.17) is 4.74 Å². The van der Waals surface area contributed by atoms with Crippen molar-refractivity contribution in [2.75, 3.05) is 19.7 Å². The van der Waals surface area contributed by atoms with Crippen LogP contribution >= 0.6 is 0 Å². The lowest BCUT2D eigenvalue weighted by Gasteiger charge is -2.26. The summed E-state index contributed by atoms with van der Waals surface area (Å²) in [4.78, 5) is 24.3. The normalized spacial score (nSPS) is 15.8. The fraction of sp³-hybridized carbons (Fsp3) is 0.500. The number of nitro benzene ring substituents is 1. The topological polar surface area (TPSA) is 92.9 Å². The molecule has 25 heavy (non-hydrogen) atoms. The minimum absolute atomic E-state index is 0.0268. The van der Waals surface area contributed by atoms with Crippen LogP contribution in [0.1, 0.15) is 39.2 Å². The number of amides is 1. The van der Waals surface area contributed by atoms with Gasteiger partial charge in [0.05, 0.1) is 11.5 Å². The summed E-state index contributed by atoms with van der Waals surface area (Å²) in [5.41, 5.74) is 2.08. The Balaban J connectivity index is 2.17. The van der Waals surface area contributed by atoms with Gasteiger partial charge in [0.25, 0.3) is 5.69 Å². The minimum Gasteiger partial charge on any atom is -0.444 e. The van der Waals surface area contributed by atoms with Crippen molar-refractivity contribution in [2.24, 2.45) is 0 Å². The molecule has 0 fully saturated rings. The molecule has 1 aliphatic heterocycles. The molecular weight excluding hydrogens is 324 g/mol. The number of nitro groups is 1. The third-order valence-electron chi connectivity index (χ3n) is 4.01. The Bertz CT molecular complexity index is 674. The van der Waals surface area contributed by atoms with Crippen LogP contribution in [-0.2, 0) is 4.74 Å². The van der Waals surface area contributed by atoms with Crippen molar-refractivity contribution >= 4 is 17.4 Å². The number of benzene rings is 1. The summed E-state index contributed by atoms with van der Waals surface area (Å²) < 4.78 is 5.42. The summed E-state index contributed by atoms with van der Waals surface area (Å²) in [6.07, 6.45) is 0.740. The first-order valence-corrected chi connectivity index (χ1v) is 8.26. The fourth-order valence-electron chi connectivity index (χ4n) is 2.77. The number of non-ortho nitro benzene ring substituents is 1. The molecular formula is C18H24N2O5. The molecule has 0 bridgehead atoms. The van der Waals surface area contributed by atoms with Gasteiger partial charge in [-0.25, -0.2) is 4.79 Å². The predicted octanol–water partition coefficient (Wildman–Crippen LogP) is 3.37. The van der Waals surface area contributed by atoms with E-state index < -0.39 is 10.5 Å². The highest BCUT2D eigenvalue weighted by atomic mass is 16.6. The van der Waals surface area contributed by atoms with Crippen molar-refractivity contribution < 1.29 is 19.6 Å². The summed E-state index contributed by atoms with van der Waals surface area (Å²) in [5.74, 6) is 0. The highest BCUT2D eigenvalue weighted by Crippen LogP contribution is 2.29. The van der Waals surface area contributed by atoms with Gasteiger partial charge in [-0.05, 0) is 62.5 Å². The molecule has 7 heteroatoms. The van der Waals surface area contributed by atoms with Crippen LogP contribution in [-0.4, -0.2) is 46.3 Å². The third kappa shape index (κ3) is 5.03. The van der Waals surface area contributed by atoms with Gasteiger partial charge in [-0.15, -0.1) is 0 Å². The zero-order valence-electron chi connectivity index (χ0n) is 14.8. The number of carbonyl (C=O) groups is 1. The van der Waals surface area contributed by atoms with Crippen LogP contribution in [0.5, 0.6) is 0 Å². The molecule has 0 spiro atoms. The van der Waals surface area contributed by atoms with Gasteiger partial charge in [0, 0.05) is 25.2 Å². The molecule has 1 N–H and O–H groups in total. The zero-order chi connectivity index (χ0) is 18.6. The van der Waals surface area contributed by atoms with Crippen molar-refractivity contribution in [3.8, 4) is 0 Å². The number of aliphatic hydroxyl groups is 1. The van der Waals surface area contributed by atoms with E-state index in [-0.39, 0.29) is 18.4 Å². The molecule has 1 aromatic rings. The molecule has 0 saturated carbocycles. The van der Waals surface area contributed by atoms with Crippen molar-refractivity contribution in [1.82, 2.24) is 4.90 Å². The molecule has 1 heterocycles. The number of carbonyl (C=O) groups excluding carboxylic acids is 1. The Morgan fingerprint density at radius 3 is 2.36 bits per heavy atom. The molecule has 136 valence electrons. The van der Waals surface area contributed by atoms with Crippen LogP contribution in [0.25, 0.3) is 5.57 Å². The highest BCUT2D eigenvalue weighted by Gasteiger charge is 2.25. The summed E-state index contributed by atoms with van der Waals surface area (Å²) in [7, 11) is 0. The van der Waals surface area contributed by atoms with Gasteiger partial charge in [-0.2, -0.15) is 0 Å². The standard InChI is InChI=1S/C18H24N2O5/c1-18(2,3)25-17(22)19-10-8-14(12-21)16(9-11-19)13-4-6-15(7-5-13)20(23)24/h4-7,21H,8-12H2,1-3H3. The SMILES string of the molecule is CC(C)(C)OC(=O)N1CCC(CO)=C(c2ccc([N+](=O)[O-])cc2)CC1. The van der Waals surface area contributed by atoms with Gasteiger partial charge in [-0.1, -0.05) is 0 Å². The Morgan fingerprint density at radius 2 is 1.84 bits per heavy atom. The Kier molecular flexibility index (Phi) is 5.79. The number of hydrogen-bond acceptors (Lipinski definition) is 5. The lowest BCUT2D eigenvalue weighted by atomic mass is 9.96. The summed E-state index contributed by atoms with van der Waals surface area (Å²) in [6, 6.07) is 6.28. The first-order valence-electron chi connectivity index (χ1n) is 8.26. The molecule has 0 aliphatic carbocycles. The van der Waals surface area contributed by atoms with E-state index >= 15 is 0 Å². The van der Waals surface area contributed by atoms with E-state index in [9.17, 15) is 20.0 Å². The van der Waals surface area contributed by atoms with Crippen molar-refractivity contribution in [1.29, 1.82) is 0 Å². The van der Waals surface area contributed by atoms with Crippen molar-refractivity contribution in [3.05, 3.63) is 45.5 Å². The summed E-state index contributed by atoms with van der Waals surface area (Å²) in [5, 5.41) is 20.5. The van der Waals surface area contributed by atoms with Gasteiger partial charge in [-0.3, -0.25) is 10.1 Å². The second-order valence-corrected chi connectivity index (χ2v) is 7.01. The van der Waals surface area contributed by atoms with Gasteiger partial charge in [0.15, 0.2) is 0 Å². The highest BCUT2D eigenvalue weighted by molar-refractivity contribution is 5.73. The predicted molar refractivity (Wildman–Crippen MR) is 94.1 cm³/mol. The van der Waals surface area contributed by atoms with Crippen LogP contribution in [0, 0.1) is 10.1 Å². The van der Waals surface area contributed by atoms with Crippen molar-refractivity contribution in [2.45, 2.75) is 39.2 Å². The summed E-state index contributed by atoms with van der Waals surface area (Å²) >= 11 is 0. The van der Waals surface area contributed by atoms with E-state index in [1.54, 1.807) is 17.0 Å². The Morgan fingerprint density at radius 1 is 1.24 bits per heavy atom. The maximum absolute atomic E-state index is 12.3. The number of nitrogens with zero attached hydrogens (tertiary/aromatic N) is 2. The average molecular weight is 348 g/mol. The number of hydrogen-bond donors (Lipinski definition) is 1. The molecule has 1 aliphatic rings. The summed E-state index contributed by atoms with van der Waals surface area (Å²) in [6.45, 7) is 6.31. The maximum Gasteiger partial charge on any atom is 0.410 e. The molecule has 0 aromatic heterocycles. The first-order chi connectivity index (χ1) is 11.7. The minimum atomic E-state index is -0.558. The van der Waals surface area contributed by atoms with Gasteiger partial charge >= 0.3 is 6.09 Å². The lowest BCUT2D eigenvalue weighted by Crippen LogP contribution is -2.37. The average Bonchev–Trinajstić information content (AvgIpc) is 2.75. The Labute approximate surface area is 147 Å². The van der Waals surface area contributed by atoms with E-state index in [0.29, 0.717) is 25.9 Å². The van der Waals surface area contributed by atoms with Gasteiger partial charge in [0.1, 0.15) is 5.60 Å². The van der Waals surface area contributed by atoms with Gasteiger partial charge < -0.3 is 14.7 Å². The van der Waals surface area contributed by atoms with Crippen LogP contribution in [0.3, 0.4) is 0 Å². The van der Waals surface area contributed by atoms with Gasteiger partial charge in [0.2, 0.25) is 0 Å². The second kappa shape index (κ2) is 7.65. The van der Waals surface area contributed by atoms with Crippen LogP contribution in [0.15, 0.2) is 29.8 Å². The zero-order valence-corrected chi connectivity index (χ0v) is 14.8. The largest absolute Gasteiger partial charge is 0.444 e. The first kappa shape index (κ1) is 18.9. The molecule has 0 atom stereocenters. The number of aliphatic hydroxyl groups excluding tert-OH is 1. The van der Waals surface area contributed by atoms with Crippen LogP contribution in [0.4, 0.5) is 10.5 Å². The second-order valence-electron chi connectivity index (χ2n) is 7.01. The number of rotatable bonds is 3. The third-order valence-corrected chi connectivity index (χ3v) is 4.01. The smallest absolute Gasteiger partial charge is 0.410 e.